The summed E-state index contributed by atoms with van der Waals surface area (Å²) in [4.78, 5) is 50.5. The molecule has 2 aliphatic rings. The Balaban J connectivity index is 1.18. The van der Waals surface area contributed by atoms with E-state index >= 15 is 0 Å². The van der Waals surface area contributed by atoms with Crippen LogP contribution in [0, 0.1) is 0 Å². The Morgan fingerprint density at radius 3 is 1.73 bits per heavy atom. The Morgan fingerprint density at radius 1 is 0.733 bits per heavy atom. The summed E-state index contributed by atoms with van der Waals surface area (Å²) in [6, 6.07) is 24.1. The zero-order valence-corrected chi connectivity index (χ0v) is 27.1. The molecule has 0 spiro atoms. The molecule has 9 heteroatoms. The summed E-state index contributed by atoms with van der Waals surface area (Å²) in [6.07, 6.45) is 1.11. The van der Waals surface area contributed by atoms with Gasteiger partial charge in [0.25, 0.3) is 5.91 Å². The van der Waals surface area contributed by atoms with Gasteiger partial charge >= 0.3 is 6.09 Å². The predicted molar refractivity (Wildman–Crippen MR) is 176 cm³/mol. The van der Waals surface area contributed by atoms with Crippen molar-refractivity contribution in [2.75, 3.05) is 39.3 Å². The average molecular weight is 612 g/mol. The number of piperazine rings is 1. The molecule has 3 aromatic rings. The topological polar surface area (TPSA) is 95.1 Å². The number of aromatic nitrogens is 1. The Labute approximate surface area is 266 Å². The molecule has 45 heavy (non-hydrogen) atoms. The van der Waals surface area contributed by atoms with Crippen LogP contribution in [0.2, 0.25) is 0 Å². The molecular weight excluding hydrogens is 566 g/mol. The number of hydrogen-bond donors (Lipinski definition) is 1. The highest BCUT2D eigenvalue weighted by molar-refractivity contribution is 5.96. The van der Waals surface area contributed by atoms with Crippen LogP contribution >= 0.6 is 0 Å². The number of nitrogens with zero attached hydrogens (tertiary/aromatic N) is 4. The lowest BCUT2D eigenvalue weighted by atomic mass is 9.98. The number of nitrogens with one attached hydrogen (secondary N) is 1. The van der Waals surface area contributed by atoms with Gasteiger partial charge in [-0.25, -0.2) is 9.78 Å². The van der Waals surface area contributed by atoms with Crippen LogP contribution < -0.4 is 5.32 Å². The Morgan fingerprint density at radius 2 is 1.24 bits per heavy atom. The van der Waals surface area contributed by atoms with Gasteiger partial charge in [0.05, 0.1) is 11.4 Å². The number of rotatable bonds is 6. The van der Waals surface area contributed by atoms with Crippen LogP contribution in [0.15, 0.2) is 72.8 Å². The van der Waals surface area contributed by atoms with Gasteiger partial charge in [-0.3, -0.25) is 14.5 Å². The second-order valence-corrected chi connectivity index (χ2v) is 13.5. The third-order valence-electron chi connectivity index (χ3n) is 8.43. The van der Waals surface area contributed by atoms with E-state index in [9.17, 15) is 14.4 Å². The number of piperidine rings is 1. The lowest BCUT2D eigenvalue weighted by Crippen LogP contribution is -2.59. The van der Waals surface area contributed by atoms with Crippen molar-refractivity contribution in [3.05, 3.63) is 78.4 Å². The highest BCUT2D eigenvalue weighted by Crippen LogP contribution is 2.27. The van der Waals surface area contributed by atoms with E-state index in [0.717, 1.165) is 48.4 Å². The number of amides is 3. The molecule has 1 N–H and O–H groups in total. The summed E-state index contributed by atoms with van der Waals surface area (Å²) >= 11 is 0. The van der Waals surface area contributed by atoms with Crippen molar-refractivity contribution < 1.29 is 19.1 Å². The van der Waals surface area contributed by atoms with Crippen molar-refractivity contribution in [2.24, 2.45) is 0 Å². The molecule has 0 aliphatic carbocycles. The van der Waals surface area contributed by atoms with Crippen molar-refractivity contribution in [3.8, 4) is 22.5 Å². The van der Waals surface area contributed by atoms with Crippen LogP contribution in [0.3, 0.4) is 0 Å². The second-order valence-electron chi connectivity index (χ2n) is 13.5. The lowest BCUT2D eigenvalue weighted by Gasteiger charge is -2.44. The molecule has 2 fully saturated rings. The number of likely N-dealkylation sites (tertiary alicyclic amines) is 1. The molecule has 2 aliphatic heterocycles. The zero-order valence-electron chi connectivity index (χ0n) is 27.1. The van der Waals surface area contributed by atoms with Gasteiger partial charge in [-0.2, -0.15) is 0 Å². The van der Waals surface area contributed by atoms with Gasteiger partial charge in [-0.15, -0.1) is 0 Å². The molecule has 2 saturated heterocycles. The van der Waals surface area contributed by atoms with E-state index in [1.807, 2.05) is 82.6 Å². The van der Waals surface area contributed by atoms with Crippen molar-refractivity contribution >= 4 is 17.9 Å². The molecule has 3 amide bonds. The van der Waals surface area contributed by atoms with Crippen LogP contribution in [0.1, 0.15) is 57.8 Å². The Bertz CT molecular complexity index is 1430. The maximum Gasteiger partial charge on any atom is 0.408 e. The van der Waals surface area contributed by atoms with E-state index in [-0.39, 0.29) is 11.8 Å². The molecule has 0 atom stereocenters. The maximum absolute atomic E-state index is 13.8. The molecule has 238 valence electrons. The minimum Gasteiger partial charge on any atom is -0.444 e. The van der Waals surface area contributed by atoms with Gasteiger partial charge in [0, 0.05) is 62.0 Å². The summed E-state index contributed by atoms with van der Waals surface area (Å²) in [5, 5.41) is 2.73. The van der Waals surface area contributed by atoms with Gasteiger partial charge in [-0.1, -0.05) is 60.7 Å². The lowest BCUT2D eigenvalue weighted by molar-refractivity contribution is -0.138. The average Bonchev–Trinajstić information content (AvgIpc) is 3.03. The fourth-order valence-corrected chi connectivity index (χ4v) is 6.08. The fourth-order valence-electron chi connectivity index (χ4n) is 6.08. The Kier molecular flexibility index (Phi) is 9.58. The maximum atomic E-state index is 13.8. The smallest absolute Gasteiger partial charge is 0.408 e. The SMILES string of the molecule is CC(C)(C)OC(=O)NC(C)(C)C(=O)N1CCC(N2CCN(C(=O)c3cc(-c4ccccc4)nc(-c4ccccc4)c3)CC2)CC1. The quantitative estimate of drug-likeness (QED) is 0.398. The third kappa shape index (κ3) is 8.08. The minimum atomic E-state index is -1.06. The summed E-state index contributed by atoms with van der Waals surface area (Å²) in [5.74, 6) is -0.0872. The first kappa shape index (κ1) is 32.2. The second kappa shape index (κ2) is 13.4. The van der Waals surface area contributed by atoms with E-state index in [4.69, 9.17) is 9.72 Å². The summed E-state index contributed by atoms with van der Waals surface area (Å²) in [5.41, 5.74) is 2.46. The summed E-state index contributed by atoms with van der Waals surface area (Å²) in [7, 11) is 0. The monoisotopic (exact) mass is 611 g/mol. The standard InChI is InChI=1S/C36H45N5O4/c1-35(2,3)45-34(44)38-36(4,5)33(43)41-18-16-29(17-19-41)39-20-22-40(23-21-39)32(42)28-24-30(26-12-8-6-9-13-26)37-31(25-28)27-14-10-7-11-15-27/h6-15,24-25,29H,16-23H2,1-5H3,(H,38,44). The normalized spacial score (nSPS) is 16.7. The molecule has 2 aromatic carbocycles. The van der Waals surface area contributed by atoms with E-state index < -0.39 is 17.2 Å². The van der Waals surface area contributed by atoms with Crippen LogP contribution in [0.4, 0.5) is 4.79 Å². The van der Waals surface area contributed by atoms with E-state index in [0.29, 0.717) is 37.8 Å². The molecular formula is C36H45N5O4. The van der Waals surface area contributed by atoms with Crippen LogP contribution in [0.25, 0.3) is 22.5 Å². The zero-order chi connectivity index (χ0) is 32.2. The van der Waals surface area contributed by atoms with E-state index in [2.05, 4.69) is 10.2 Å². The molecule has 0 bridgehead atoms. The van der Waals surface area contributed by atoms with Gasteiger partial charge in [0.2, 0.25) is 5.91 Å². The molecule has 0 unspecified atom stereocenters. The van der Waals surface area contributed by atoms with Gasteiger partial charge in [-0.05, 0) is 59.6 Å². The number of alkyl carbamates (subject to hydrolysis) is 1. The Hall–Kier alpha value is -4.24. The number of hydrogen-bond acceptors (Lipinski definition) is 6. The number of ether oxygens (including phenoxy) is 1. The molecule has 1 aromatic heterocycles. The van der Waals surface area contributed by atoms with Crippen LogP contribution in [0.5, 0.6) is 0 Å². The first-order valence-electron chi connectivity index (χ1n) is 15.9. The van der Waals surface area contributed by atoms with Crippen molar-refractivity contribution in [3.63, 3.8) is 0 Å². The molecule has 0 saturated carbocycles. The summed E-state index contributed by atoms with van der Waals surface area (Å²) < 4.78 is 5.35. The third-order valence-corrected chi connectivity index (χ3v) is 8.43. The van der Waals surface area contributed by atoms with Gasteiger partial charge in [0.15, 0.2) is 0 Å². The van der Waals surface area contributed by atoms with Gasteiger partial charge < -0.3 is 19.9 Å². The van der Waals surface area contributed by atoms with E-state index in [1.54, 1.807) is 34.6 Å². The van der Waals surface area contributed by atoms with Crippen molar-refractivity contribution in [1.82, 2.24) is 25.0 Å². The number of carbonyl (C=O) groups is 3. The fraction of sp³-hybridized carbons (Fsp3) is 0.444. The first-order chi connectivity index (χ1) is 21.4. The molecule has 9 nitrogen and oxygen atoms in total. The highest BCUT2D eigenvalue weighted by atomic mass is 16.6. The number of benzene rings is 2. The highest BCUT2D eigenvalue weighted by Gasteiger charge is 2.38. The largest absolute Gasteiger partial charge is 0.444 e. The van der Waals surface area contributed by atoms with Crippen molar-refractivity contribution in [2.45, 2.75) is 64.6 Å². The number of carbonyl (C=O) groups excluding carboxylic acids is 3. The minimum absolute atomic E-state index is 0.0200. The van der Waals surface area contributed by atoms with E-state index in [1.165, 1.54) is 0 Å². The van der Waals surface area contributed by atoms with Crippen molar-refractivity contribution in [1.29, 1.82) is 0 Å². The molecule has 0 radical (unpaired) electrons. The van der Waals surface area contributed by atoms with Crippen LogP contribution in [-0.2, 0) is 9.53 Å². The first-order valence-corrected chi connectivity index (χ1v) is 15.9. The molecule has 5 rings (SSSR count). The van der Waals surface area contributed by atoms with Crippen LogP contribution in [-0.4, -0.2) is 94.0 Å². The predicted octanol–water partition coefficient (Wildman–Crippen LogP) is 5.47. The van der Waals surface area contributed by atoms with Gasteiger partial charge in [0.1, 0.15) is 11.1 Å². The number of pyridine rings is 1. The summed E-state index contributed by atoms with van der Waals surface area (Å²) in [6.45, 7) is 13.0. The molecule has 3 heterocycles.